The van der Waals surface area contributed by atoms with Gasteiger partial charge in [-0.15, -0.1) is 23.5 Å². The molecular formula is C18H32O2S2. The summed E-state index contributed by atoms with van der Waals surface area (Å²) in [7, 11) is 0. The van der Waals surface area contributed by atoms with E-state index in [4.69, 9.17) is 9.47 Å². The highest BCUT2D eigenvalue weighted by atomic mass is 32.2. The first-order chi connectivity index (χ1) is 10.6. The van der Waals surface area contributed by atoms with E-state index >= 15 is 0 Å². The van der Waals surface area contributed by atoms with Crippen molar-refractivity contribution < 1.29 is 9.47 Å². The number of hydrogen-bond donors (Lipinski definition) is 0. The monoisotopic (exact) mass is 344 g/mol. The van der Waals surface area contributed by atoms with Crippen molar-refractivity contribution in [2.24, 2.45) is 5.41 Å². The first-order valence-corrected chi connectivity index (χ1v) is 11.2. The molecule has 0 amide bonds. The number of ether oxygens (including phenoxy) is 2. The molecule has 1 aliphatic heterocycles. The van der Waals surface area contributed by atoms with Gasteiger partial charge in [-0.1, -0.05) is 33.1 Å². The number of hydrogen-bond acceptors (Lipinski definition) is 4. The van der Waals surface area contributed by atoms with Crippen LogP contribution in [0.25, 0.3) is 0 Å². The standard InChI is InChI=1S/C18H32O2S2/c1-17(2)12-19-18(20-13-17)10-6-9-16(11-18)22-14-21-15-7-4-3-5-8-15/h15-16H,3-14H2,1-2H3. The Morgan fingerprint density at radius 2 is 1.50 bits per heavy atom. The lowest BCUT2D eigenvalue weighted by Gasteiger charge is -2.47. The summed E-state index contributed by atoms with van der Waals surface area (Å²) in [5.41, 5.74) is 0.183. The Hall–Kier alpha value is 0.620. The molecule has 2 aliphatic carbocycles. The normalized spacial score (nSPS) is 32.2. The molecule has 1 saturated heterocycles. The number of thioether (sulfide) groups is 2. The average molecular weight is 345 g/mol. The van der Waals surface area contributed by atoms with Gasteiger partial charge >= 0.3 is 0 Å². The summed E-state index contributed by atoms with van der Waals surface area (Å²) in [5, 5.41) is 2.92. The van der Waals surface area contributed by atoms with Crippen molar-refractivity contribution in [1.82, 2.24) is 0 Å². The minimum absolute atomic E-state index is 0.183. The van der Waals surface area contributed by atoms with Gasteiger partial charge in [-0.3, -0.25) is 0 Å². The summed E-state index contributed by atoms with van der Waals surface area (Å²) in [5.74, 6) is -0.249. The zero-order chi connectivity index (χ0) is 15.5. The molecule has 0 aromatic carbocycles. The Morgan fingerprint density at radius 1 is 0.864 bits per heavy atom. The zero-order valence-corrected chi connectivity index (χ0v) is 15.9. The third kappa shape index (κ3) is 4.81. The van der Waals surface area contributed by atoms with E-state index in [-0.39, 0.29) is 11.2 Å². The summed E-state index contributed by atoms with van der Waals surface area (Å²) in [6.45, 7) is 6.16. The van der Waals surface area contributed by atoms with Crippen molar-refractivity contribution in [1.29, 1.82) is 0 Å². The minimum atomic E-state index is -0.249. The van der Waals surface area contributed by atoms with Gasteiger partial charge in [0, 0.05) is 33.8 Å². The molecule has 1 heterocycles. The fraction of sp³-hybridized carbons (Fsp3) is 1.00. The average Bonchev–Trinajstić information content (AvgIpc) is 2.52. The van der Waals surface area contributed by atoms with Gasteiger partial charge in [0.05, 0.1) is 13.2 Å². The third-order valence-electron chi connectivity index (χ3n) is 5.23. The highest BCUT2D eigenvalue weighted by Gasteiger charge is 2.44. The van der Waals surface area contributed by atoms with Crippen LogP contribution in [0.15, 0.2) is 0 Å². The van der Waals surface area contributed by atoms with Crippen LogP contribution in [0.4, 0.5) is 0 Å². The van der Waals surface area contributed by atoms with E-state index in [2.05, 4.69) is 37.4 Å². The predicted molar refractivity (Wildman–Crippen MR) is 97.6 cm³/mol. The van der Waals surface area contributed by atoms with Gasteiger partial charge in [0.15, 0.2) is 5.79 Å². The van der Waals surface area contributed by atoms with Crippen molar-refractivity contribution in [3.8, 4) is 0 Å². The molecule has 0 N–H and O–H groups in total. The van der Waals surface area contributed by atoms with Crippen LogP contribution in [0.1, 0.15) is 71.6 Å². The molecule has 0 bridgehead atoms. The summed E-state index contributed by atoms with van der Waals surface area (Å²) < 4.78 is 12.4. The fourth-order valence-electron chi connectivity index (χ4n) is 3.76. The topological polar surface area (TPSA) is 18.5 Å². The van der Waals surface area contributed by atoms with E-state index in [1.54, 1.807) is 0 Å². The maximum absolute atomic E-state index is 6.21. The molecule has 0 aromatic rings. The summed E-state index contributed by atoms with van der Waals surface area (Å²) in [6, 6.07) is 0. The first-order valence-electron chi connectivity index (χ1n) is 9.08. The van der Waals surface area contributed by atoms with Crippen molar-refractivity contribution in [3.63, 3.8) is 0 Å². The van der Waals surface area contributed by atoms with Crippen LogP contribution in [-0.2, 0) is 9.47 Å². The quantitative estimate of drug-likeness (QED) is 0.631. The molecule has 2 nitrogen and oxygen atoms in total. The maximum atomic E-state index is 6.21. The van der Waals surface area contributed by atoms with Gasteiger partial charge in [0.2, 0.25) is 0 Å². The Balaban J connectivity index is 1.41. The molecule has 3 fully saturated rings. The van der Waals surface area contributed by atoms with E-state index in [1.807, 2.05) is 0 Å². The van der Waals surface area contributed by atoms with Gasteiger partial charge in [-0.05, 0) is 25.7 Å². The molecule has 1 unspecified atom stereocenters. The third-order valence-corrected chi connectivity index (χ3v) is 8.14. The summed E-state index contributed by atoms with van der Waals surface area (Å²) in [4.78, 5) is 0. The lowest BCUT2D eigenvalue weighted by atomic mass is 9.89. The summed E-state index contributed by atoms with van der Waals surface area (Å²) in [6.07, 6.45) is 12.0. The first kappa shape index (κ1) is 17.4. The highest BCUT2D eigenvalue weighted by Crippen LogP contribution is 2.43. The molecule has 1 spiro atoms. The van der Waals surface area contributed by atoms with E-state index < -0.39 is 0 Å². The molecule has 4 heteroatoms. The Bertz CT molecular complexity index is 343. The fourth-order valence-corrected chi connectivity index (χ4v) is 6.98. The van der Waals surface area contributed by atoms with Crippen LogP contribution in [0, 0.1) is 5.41 Å². The van der Waals surface area contributed by atoms with Crippen molar-refractivity contribution in [2.45, 2.75) is 87.9 Å². The van der Waals surface area contributed by atoms with Crippen molar-refractivity contribution >= 4 is 23.5 Å². The second kappa shape index (κ2) is 7.67. The Morgan fingerprint density at radius 3 is 2.23 bits per heavy atom. The zero-order valence-electron chi connectivity index (χ0n) is 14.3. The molecule has 128 valence electrons. The van der Waals surface area contributed by atoms with Crippen LogP contribution in [0.2, 0.25) is 0 Å². The van der Waals surface area contributed by atoms with Crippen molar-refractivity contribution in [3.05, 3.63) is 0 Å². The van der Waals surface area contributed by atoms with Gasteiger partial charge in [0.25, 0.3) is 0 Å². The smallest absolute Gasteiger partial charge is 0.169 e. The van der Waals surface area contributed by atoms with Gasteiger partial charge in [-0.2, -0.15) is 0 Å². The van der Waals surface area contributed by atoms with E-state index in [0.29, 0.717) is 0 Å². The van der Waals surface area contributed by atoms with E-state index in [0.717, 1.165) is 36.6 Å². The lowest BCUT2D eigenvalue weighted by molar-refractivity contribution is -0.308. The Labute approximate surface area is 144 Å². The maximum Gasteiger partial charge on any atom is 0.169 e. The predicted octanol–water partition coefficient (Wildman–Crippen LogP) is 5.45. The van der Waals surface area contributed by atoms with Crippen LogP contribution in [0.3, 0.4) is 0 Å². The molecule has 0 aromatic heterocycles. The Kier molecular flexibility index (Phi) is 6.08. The van der Waals surface area contributed by atoms with Gasteiger partial charge in [0.1, 0.15) is 0 Å². The largest absolute Gasteiger partial charge is 0.349 e. The molecule has 3 rings (SSSR count). The van der Waals surface area contributed by atoms with Gasteiger partial charge in [-0.25, -0.2) is 0 Å². The summed E-state index contributed by atoms with van der Waals surface area (Å²) >= 11 is 4.37. The van der Waals surface area contributed by atoms with Gasteiger partial charge < -0.3 is 9.47 Å². The molecule has 1 atom stereocenters. The lowest BCUT2D eigenvalue weighted by Crippen LogP contribution is -2.50. The minimum Gasteiger partial charge on any atom is -0.349 e. The highest BCUT2D eigenvalue weighted by molar-refractivity contribution is 8.16. The van der Waals surface area contributed by atoms with Crippen LogP contribution < -0.4 is 0 Å². The second-order valence-corrected chi connectivity index (χ2v) is 11.0. The van der Waals surface area contributed by atoms with Crippen LogP contribution in [0.5, 0.6) is 0 Å². The SMILES string of the molecule is CC1(C)COC2(CCCC(SCSC3CCCCC3)C2)OC1. The van der Waals surface area contributed by atoms with E-state index in [1.165, 1.54) is 50.0 Å². The second-order valence-electron chi connectivity index (χ2n) is 8.08. The molecule has 3 aliphatic rings. The van der Waals surface area contributed by atoms with Crippen LogP contribution >= 0.6 is 23.5 Å². The number of rotatable bonds is 4. The molecule has 22 heavy (non-hydrogen) atoms. The molecule has 0 radical (unpaired) electrons. The van der Waals surface area contributed by atoms with Crippen LogP contribution in [-0.4, -0.2) is 34.6 Å². The molecular weight excluding hydrogens is 312 g/mol. The van der Waals surface area contributed by atoms with E-state index in [9.17, 15) is 0 Å². The molecule has 2 saturated carbocycles. The van der Waals surface area contributed by atoms with Crippen molar-refractivity contribution in [2.75, 3.05) is 18.3 Å².